The average molecular weight is 510 g/mol. The molecule has 0 aliphatic carbocycles. The number of nitrogens with zero attached hydrogens (tertiary/aromatic N) is 3. The van der Waals surface area contributed by atoms with E-state index in [2.05, 4.69) is 32.1 Å². The maximum atomic E-state index is 9.50. The number of hydrogen-bond donors (Lipinski definition) is 0. The van der Waals surface area contributed by atoms with E-state index < -0.39 is 12.6 Å². The van der Waals surface area contributed by atoms with Gasteiger partial charge in [0.05, 0.1) is 34.9 Å². The first-order chi connectivity index (χ1) is 18.6. The second-order valence-corrected chi connectivity index (χ2v) is 8.66. The van der Waals surface area contributed by atoms with E-state index in [1.807, 2.05) is 0 Å². The molecule has 0 radical (unpaired) electrons. The molecule has 0 amide bonds. The maximum absolute atomic E-state index is 9.50. The van der Waals surface area contributed by atoms with Gasteiger partial charge in [0.15, 0.2) is 11.5 Å². The Morgan fingerprint density at radius 3 is 1.39 bits per heavy atom. The van der Waals surface area contributed by atoms with Gasteiger partial charge in [0, 0.05) is 18.9 Å². The predicted octanol–water partition coefficient (Wildman–Crippen LogP) is 7.25. The molecular formula is C31H31N3O4. The van der Waals surface area contributed by atoms with Crippen molar-refractivity contribution < 1.29 is 18.9 Å². The molecule has 38 heavy (non-hydrogen) atoms. The molecule has 0 aromatic heterocycles. The zero-order chi connectivity index (χ0) is 27.2. The number of nitriles is 3. The Labute approximate surface area is 224 Å². The van der Waals surface area contributed by atoms with E-state index in [0.717, 1.165) is 25.7 Å². The Balaban J connectivity index is 1.84. The van der Waals surface area contributed by atoms with Gasteiger partial charge in [-0.3, -0.25) is 0 Å². The molecule has 3 aromatic carbocycles. The van der Waals surface area contributed by atoms with Gasteiger partial charge in [0.2, 0.25) is 12.6 Å². The van der Waals surface area contributed by atoms with Gasteiger partial charge in [-0.15, -0.1) is 0 Å². The Bertz CT molecular complexity index is 1290. The van der Waals surface area contributed by atoms with Crippen LogP contribution in [0.15, 0.2) is 66.7 Å². The Morgan fingerprint density at radius 1 is 0.553 bits per heavy atom. The second-order valence-electron chi connectivity index (χ2n) is 8.66. The summed E-state index contributed by atoms with van der Waals surface area (Å²) in [5.41, 5.74) is 1.52. The second kappa shape index (κ2) is 14.8. The molecule has 7 heteroatoms. The average Bonchev–Trinajstić information content (AvgIpc) is 2.96. The number of benzene rings is 3. The molecule has 0 aliphatic rings. The number of rotatable bonds is 14. The topological polar surface area (TPSA) is 108 Å². The molecule has 3 rings (SSSR count). The molecule has 194 valence electrons. The summed E-state index contributed by atoms with van der Waals surface area (Å²) in [6.45, 7) is 4.18. The summed E-state index contributed by atoms with van der Waals surface area (Å²) in [7, 11) is 0. The molecule has 0 spiro atoms. The standard InChI is InChI=1S/C31H31N3O4/c1-3-5-7-30(35-26-14-9-23(20-32)10-15-26)37-28-18-13-25(22-34)19-29(28)38-31(8-6-4-2)36-27-16-11-24(21-33)12-17-27/h9-19,30-31H,3-8H2,1-2H3. The Morgan fingerprint density at radius 2 is 0.974 bits per heavy atom. The van der Waals surface area contributed by atoms with Crippen molar-refractivity contribution in [3.05, 3.63) is 83.4 Å². The van der Waals surface area contributed by atoms with Crippen molar-refractivity contribution in [1.29, 1.82) is 15.8 Å². The Hall–Kier alpha value is -4.67. The summed E-state index contributed by atoms with van der Waals surface area (Å²) in [5, 5.41) is 27.6. The maximum Gasteiger partial charge on any atom is 0.241 e. The largest absolute Gasteiger partial charge is 0.455 e. The van der Waals surface area contributed by atoms with Crippen LogP contribution in [0.4, 0.5) is 0 Å². The van der Waals surface area contributed by atoms with Crippen molar-refractivity contribution in [2.75, 3.05) is 0 Å². The van der Waals surface area contributed by atoms with Crippen LogP contribution in [0.2, 0.25) is 0 Å². The minimum absolute atomic E-state index is 0.378. The van der Waals surface area contributed by atoms with Crippen LogP contribution in [0.5, 0.6) is 23.0 Å². The van der Waals surface area contributed by atoms with E-state index in [9.17, 15) is 5.26 Å². The van der Waals surface area contributed by atoms with Crippen molar-refractivity contribution >= 4 is 0 Å². The van der Waals surface area contributed by atoms with Crippen molar-refractivity contribution in [1.82, 2.24) is 0 Å². The SMILES string of the molecule is CCCCC(Oc1ccc(C#N)cc1)Oc1ccc(C#N)cc1OC(CCCC)Oc1ccc(C#N)cc1. The van der Waals surface area contributed by atoms with Crippen LogP contribution in [0, 0.1) is 34.0 Å². The normalized spacial score (nSPS) is 11.8. The zero-order valence-corrected chi connectivity index (χ0v) is 21.7. The van der Waals surface area contributed by atoms with Gasteiger partial charge in [-0.2, -0.15) is 15.8 Å². The highest BCUT2D eigenvalue weighted by Gasteiger charge is 2.20. The number of ether oxygens (including phenoxy) is 4. The summed E-state index contributed by atoms with van der Waals surface area (Å²) in [4.78, 5) is 0. The lowest BCUT2D eigenvalue weighted by atomic mass is 10.2. The third kappa shape index (κ3) is 8.47. The molecule has 2 unspecified atom stereocenters. The third-order valence-corrected chi connectivity index (χ3v) is 5.68. The van der Waals surface area contributed by atoms with E-state index in [1.54, 1.807) is 66.7 Å². The lowest BCUT2D eigenvalue weighted by molar-refractivity contribution is -0.0222. The molecule has 0 bridgehead atoms. The molecule has 7 nitrogen and oxygen atoms in total. The van der Waals surface area contributed by atoms with Gasteiger partial charge in [0.1, 0.15) is 11.5 Å². The van der Waals surface area contributed by atoms with E-state index in [4.69, 9.17) is 29.5 Å². The van der Waals surface area contributed by atoms with E-state index >= 15 is 0 Å². The fraction of sp³-hybridized carbons (Fsp3) is 0.323. The fourth-order valence-electron chi connectivity index (χ4n) is 3.60. The van der Waals surface area contributed by atoms with Crippen molar-refractivity contribution in [3.8, 4) is 41.2 Å². The van der Waals surface area contributed by atoms with E-state index in [1.165, 1.54) is 0 Å². The molecule has 0 aliphatic heterocycles. The highest BCUT2D eigenvalue weighted by molar-refractivity contribution is 5.47. The van der Waals surface area contributed by atoms with Crippen LogP contribution in [0.1, 0.15) is 69.1 Å². The molecule has 0 saturated heterocycles. The van der Waals surface area contributed by atoms with Crippen LogP contribution in [0.3, 0.4) is 0 Å². The first-order valence-electron chi connectivity index (χ1n) is 12.8. The Kier molecular flexibility index (Phi) is 10.9. The van der Waals surface area contributed by atoms with Gasteiger partial charge in [-0.05, 0) is 73.5 Å². The molecule has 0 N–H and O–H groups in total. The van der Waals surface area contributed by atoms with Gasteiger partial charge in [0.25, 0.3) is 0 Å². The van der Waals surface area contributed by atoms with Crippen LogP contribution in [-0.4, -0.2) is 12.6 Å². The molecule has 0 heterocycles. The monoisotopic (exact) mass is 509 g/mol. The first-order valence-corrected chi connectivity index (χ1v) is 12.8. The minimum atomic E-state index is -0.632. The highest BCUT2D eigenvalue weighted by atomic mass is 16.7. The molecule has 3 aromatic rings. The summed E-state index contributed by atoms with van der Waals surface area (Å²) in [5.74, 6) is 1.98. The quantitative estimate of drug-likeness (QED) is 0.211. The van der Waals surface area contributed by atoms with Gasteiger partial charge >= 0.3 is 0 Å². The summed E-state index contributed by atoms with van der Waals surface area (Å²) >= 11 is 0. The third-order valence-electron chi connectivity index (χ3n) is 5.68. The highest BCUT2D eigenvalue weighted by Crippen LogP contribution is 2.33. The molecule has 0 fully saturated rings. The van der Waals surface area contributed by atoms with Gasteiger partial charge < -0.3 is 18.9 Å². The lowest BCUT2D eigenvalue weighted by Gasteiger charge is -2.25. The molecule has 2 atom stereocenters. The van der Waals surface area contributed by atoms with Crippen molar-refractivity contribution in [2.45, 2.75) is 65.0 Å². The van der Waals surface area contributed by atoms with E-state index in [-0.39, 0.29) is 0 Å². The molecular weight excluding hydrogens is 478 g/mol. The summed E-state index contributed by atoms with van der Waals surface area (Å²) in [6, 6.07) is 25.1. The number of unbranched alkanes of at least 4 members (excludes halogenated alkanes) is 2. The molecule has 0 saturated carbocycles. The van der Waals surface area contributed by atoms with Gasteiger partial charge in [-0.1, -0.05) is 26.7 Å². The van der Waals surface area contributed by atoms with Crippen molar-refractivity contribution in [2.24, 2.45) is 0 Å². The zero-order valence-electron chi connectivity index (χ0n) is 21.7. The first kappa shape index (κ1) is 27.9. The summed E-state index contributed by atoms with van der Waals surface area (Å²) in [6.07, 6.45) is 3.69. The lowest BCUT2D eigenvalue weighted by Crippen LogP contribution is -2.26. The van der Waals surface area contributed by atoms with Crippen LogP contribution in [0.25, 0.3) is 0 Å². The fourth-order valence-corrected chi connectivity index (χ4v) is 3.60. The van der Waals surface area contributed by atoms with E-state index in [0.29, 0.717) is 52.5 Å². The van der Waals surface area contributed by atoms with Crippen LogP contribution < -0.4 is 18.9 Å². The van der Waals surface area contributed by atoms with Crippen LogP contribution >= 0.6 is 0 Å². The van der Waals surface area contributed by atoms with Gasteiger partial charge in [-0.25, -0.2) is 0 Å². The van der Waals surface area contributed by atoms with Crippen molar-refractivity contribution in [3.63, 3.8) is 0 Å². The smallest absolute Gasteiger partial charge is 0.241 e. The minimum Gasteiger partial charge on any atom is -0.455 e. The predicted molar refractivity (Wildman–Crippen MR) is 143 cm³/mol. The number of hydrogen-bond acceptors (Lipinski definition) is 7. The van der Waals surface area contributed by atoms with Crippen LogP contribution in [-0.2, 0) is 0 Å². The summed E-state index contributed by atoms with van der Waals surface area (Å²) < 4.78 is 24.8.